The Bertz CT molecular complexity index is 342. The van der Waals surface area contributed by atoms with Gasteiger partial charge < -0.3 is 15.5 Å². The van der Waals surface area contributed by atoms with Gasteiger partial charge in [-0.2, -0.15) is 0 Å². The number of aromatic hydroxyl groups is 1. The summed E-state index contributed by atoms with van der Waals surface area (Å²) in [6, 6.07) is 3.12. The van der Waals surface area contributed by atoms with Gasteiger partial charge in [0.15, 0.2) is 0 Å². The molecule has 0 amide bonds. The molecule has 0 aliphatic rings. The molecule has 0 unspecified atom stereocenters. The predicted octanol–water partition coefficient (Wildman–Crippen LogP) is 2.17. The molecule has 0 saturated carbocycles. The number of nitrogens with one attached hydrogen (secondary N) is 1. The number of hydrogen-bond acceptors (Lipinski definition) is 3. The van der Waals surface area contributed by atoms with Crippen LogP contribution in [-0.2, 0) is 6.54 Å². The van der Waals surface area contributed by atoms with Crippen molar-refractivity contribution in [2.75, 3.05) is 6.54 Å². The van der Waals surface area contributed by atoms with Gasteiger partial charge in [-0.1, -0.05) is 23.2 Å². The summed E-state index contributed by atoms with van der Waals surface area (Å²) in [5.74, 6) is 0.0270. The van der Waals surface area contributed by atoms with Crippen molar-refractivity contribution in [3.8, 4) is 5.75 Å². The average Bonchev–Trinajstić information content (AvgIpc) is 2.12. The van der Waals surface area contributed by atoms with E-state index in [-0.39, 0.29) is 10.8 Å². The molecule has 15 heavy (non-hydrogen) atoms. The molecular formula is C10H13Cl2NO2. The molecule has 0 heterocycles. The summed E-state index contributed by atoms with van der Waals surface area (Å²) >= 11 is 11.5. The highest BCUT2D eigenvalue weighted by Crippen LogP contribution is 2.30. The van der Waals surface area contributed by atoms with Crippen LogP contribution >= 0.6 is 23.2 Å². The van der Waals surface area contributed by atoms with E-state index in [1.807, 2.05) is 0 Å². The van der Waals surface area contributed by atoms with Gasteiger partial charge >= 0.3 is 0 Å². The van der Waals surface area contributed by atoms with Crippen LogP contribution in [0.4, 0.5) is 0 Å². The third-order valence-corrected chi connectivity index (χ3v) is 2.37. The van der Waals surface area contributed by atoms with Crippen molar-refractivity contribution in [3.63, 3.8) is 0 Å². The van der Waals surface area contributed by atoms with Crippen molar-refractivity contribution in [1.82, 2.24) is 5.32 Å². The van der Waals surface area contributed by atoms with E-state index in [0.717, 1.165) is 0 Å². The van der Waals surface area contributed by atoms with Crippen molar-refractivity contribution >= 4 is 23.2 Å². The molecule has 1 atom stereocenters. The maximum atomic E-state index is 9.59. The topological polar surface area (TPSA) is 52.5 Å². The van der Waals surface area contributed by atoms with Crippen LogP contribution in [0.5, 0.6) is 5.75 Å². The average molecular weight is 250 g/mol. The molecule has 0 spiro atoms. The fraction of sp³-hybridized carbons (Fsp3) is 0.400. The van der Waals surface area contributed by atoms with Crippen LogP contribution in [0.1, 0.15) is 12.5 Å². The van der Waals surface area contributed by atoms with E-state index in [2.05, 4.69) is 5.32 Å². The first kappa shape index (κ1) is 12.6. The Kier molecular flexibility index (Phi) is 4.67. The van der Waals surface area contributed by atoms with Gasteiger partial charge in [-0.05, 0) is 19.1 Å². The number of phenolic OH excluding ortho intramolecular Hbond substituents is 1. The molecule has 0 aromatic heterocycles. The molecule has 1 aromatic carbocycles. The van der Waals surface area contributed by atoms with Crippen LogP contribution in [-0.4, -0.2) is 22.9 Å². The molecule has 0 aliphatic heterocycles. The van der Waals surface area contributed by atoms with Gasteiger partial charge in [0, 0.05) is 23.7 Å². The van der Waals surface area contributed by atoms with Gasteiger partial charge in [0.25, 0.3) is 0 Å². The van der Waals surface area contributed by atoms with Crippen LogP contribution in [0, 0.1) is 0 Å². The fourth-order valence-corrected chi connectivity index (χ4v) is 1.71. The number of rotatable bonds is 4. The largest absolute Gasteiger partial charge is 0.506 e. The lowest BCUT2D eigenvalue weighted by molar-refractivity contribution is 0.191. The number of benzene rings is 1. The Morgan fingerprint density at radius 2 is 2.07 bits per heavy atom. The summed E-state index contributed by atoms with van der Waals surface area (Å²) in [5, 5.41) is 22.3. The minimum atomic E-state index is -0.429. The number of aliphatic hydroxyl groups excluding tert-OH is 1. The van der Waals surface area contributed by atoms with Crippen LogP contribution in [0.3, 0.4) is 0 Å². The van der Waals surface area contributed by atoms with Crippen LogP contribution in [0.25, 0.3) is 0 Å². The summed E-state index contributed by atoms with van der Waals surface area (Å²) < 4.78 is 0. The van der Waals surface area contributed by atoms with Crippen molar-refractivity contribution in [1.29, 1.82) is 0 Å². The summed E-state index contributed by atoms with van der Waals surface area (Å²) in [6.45, 7) is 2.54. The third kappa shape index (κ3) is 3.87. The molecule has 0 fully saturated rings. The highest BCUT2D eigenvalue weighted by atomic mass is 35.5. The second-order valence-electron chi connectivity index (χ2n) is 3.38. The number of hydrogen-bond donors (Lipinski definition) is 3. The van der Waals surface area contributed by atoms with Gasteiger partial charge in [0.05, 0.1) is 11.1 Å². The van der Waals surface area contributed by atoms with E-state index >= 15 is 0 Å². The lowest BCUT2D eigenvalue weighted by atomic mass is 10.2. The molecule has 1 rings (SSSR count). The molecule has 0 radical (unpaired) electrons. The molecule has 1 aromatic rings. The first-order valence-electron chi connectivity index (χ1n) is 4.56. The summed E-state index contributed by atoms with van der Waals surface area (Å²) in [5.41, 5.74) is 0.619. The Labute approximate surface area is 98.6 Å². The third-order valence-electron chi connectivity index (χ3n) is 1.86. The zero-order valence-corrected chi connectivity index (χ0v) is 9.81. The van der Waals surface area contributed by atoms with Gasteiger partial charge in [-0.15, -0.1) is 0 Å². The van der Waals surface area contributed by atoms with E-state index in [1.165, 1.54) is 6.07 Å². The first-order chi connectivity index (χ1) is 7.00. The van der Waals surface area contributed by atoms with Gasteiger partial charge in [-0.25, -0.2) is 0 Å². The SMILES string of the molecule is C[C@@H](O)CNCc1cc(Cl)cc(Cl)c1O. The van der Waals surface area contributed by atoms with Gasteiger partial charge in [0.2, 0.25) is 0 Å². The standard InChI is InChI=1S/C10H13Cl2NO2/c1-6(14)4-13-5-7-2-8(11)3-9(12)10(7)15/h2-3,6,13-15H,4-5H2,1H3/t6-/m1/s1. The summed E-state index contributed by atoms with van der Waals surface area (Å²) in [7, 11) is 0. The Balaban J connectivity index is 2.68. The smallest absolute Gasteiger partial charge is 0.138 e. The fourth-order valence-electron chi connectivity index (χ4n) is 1.17. The maximum Gasteiger partial charge on any atom is 0.138 e. The molecule has 5 heteroatoms. The van der Waals surface area contributed by atoms with E-state index in [4.69, 9.17) is 28.3 Å². The molecule has 3 N–H and O–H groups in total. The molecule has 3 nitrogen and oxygen atoms in total. The highest BCUT2D eigenvalue weighted by molar-refractivity contribution is 6.35. The predicted molar refractivity (Wildman–Crippen MR) is 61.5 cm³/mol. The van der Waals surface area contributed by atoms with E-state index in [0.29, 0.717) is 23.7 Å². The minimum Gasteiger partial charge on any atom is -0.506 e. The van der Waals surface area contributed by atoms with E-state index in [1.54, 1.807) is 13.0 Å². The quantitative estimate of drug-likeness (QED) is 0.767. The van der Waals surface area contributed by atoms with Crippen LogP contribution in [0.2, 0.25) is 10.0 Å². The summed E-state index contributed by atoms with van der Waals surface area (Å²) in [4.78, 5) is 0. The highest BCUT2D eigenvalue weighted by Gasteiger charge is 2.07. The lowest BCUT2D eigenvalue weighted by Crippen LogP contribution is -2.23. The summed E-state index contributed by atoms with van der Waals surface area (Å²) in [6.07, 6.45) is -0.429. The molecule has 0 saturated heterocycles. The number of aliphatic hydroxyl groups is 1. The number of halogens is 2. The van der Waals surface area contributed by atoms with Crippen molar-refractivity contribution in [2.24, 2.45) is 0 Å². The monoisotopic (exact) mass is 249 g/mol. The van der Waals surface area contributed by atoms with Crippen LogP contribution < -0.4 is 5.32 Å². The molecule has 0 bridgehead atoms. The Morgan fingerprint density at radius 1 is 1.40 bits per heavy atom. The molecule has 84 valence electrons. The van der Waals surface area contributed by atoms with Crippen molar-refractivity contribution < 1.29 is 10.2 Å². The van der Waals surface area contributed by atoms with Crippen molar-refractivity contribution in [2.45, 2.75) is 19.6 Å². The van der Waals surface area contributed by atoms with Gasteiger partial charge in [0.1, 0.15) is 5.75 Å². The second-order valence-corrected chi connectivity index (χ2v) is 4.22. The number of phenols is 1. The van der Waals surface area contributed by atoms with Crippen molar-refractivity contribution in [3.05, 3.63) is 27.7 Å². The lowest BCUT2D eigenvalue weighted by Gasteiger charge is -2.09. The molecule has 0 aliphatic carbocycles. The molecular weight excluding hydrogens is 237 g/mol. The minimum absolute atomic E-state index is 0.0270. The Hall–Kier alpha value is -0.480. The Morgan fingerprint density at radius 3 is 2.67 bits per heavy atom. The van der Waals surface area contributed by atoms with Gasteiger partial charge in [-0.3, -0.25) is 0 Å². The zero-order chi connectivity index (χ0) is 11.4. The van der Waals surface area contributed by atoms with E-state index < -0.39 is 6.10 Å². The van der Waals surface area contributed by atoms with E-state index in [9.17, 15) is 5.11 Å². The maximum absolute atomic E-state index is 9.59. The zero-order valence-electron chi connectivity index (χ0n) is 8.30. The first-order valence-corrected chi connectivity index (χ1v) is 5.32. The van der Waals surface area contributed by atoms with Crippen LogP contribution in [0.15, 0.2) is 12.1 Å². The normalized spacial score (nSPS) is 12.8. The second kappa shape index (κ2) is 5.56.